The predicted molar refractivity (Wildman–Crippen MR) is 75.9 cm³/mol. The number of nitrogens with zero attached hydrogens (tertiary/aromatic N) is 1. The van der Waals surface area contributed by atoms with Crippen molar-refractivity contribution in [2.24, 2.45) is 0 Å². The summed E-state index contributed by atoms with van der Waals surface area (Å²) in [4.78, 5) is 10.6. The summed E-state index contributed by atoms with van der Waals surface area (Å²) in [6.45, 7) is 0.881. The van der Waals surface area contributed by atoms with Crippen LogP contribution in [0.3, 0.4) is 0 Å². The Kier molecular flexibility index (Phi) is 4.54. The highest BCUT2D eigenvalue weighted by Gasteiger charge is 2.30. The topological polar surface area (TPSA) is 75.4 Å². The molecule has 19 heavy (non-hydrogen) atoms. The van der Waals surface area contributed by atoms with E-state index in [1.54, 1.807) is 12.1 Å². The number of aliphatic hydroxyl groups is 1. The van der Waals surface area contributed by atoms with Crippen LogP contribution in [0.1, 0.15) is 31.2 Å². The van der Waals surface area contributed by atoms with Gasteiger partial charge in [-0.25, -0.2) is 0 Å². The highest BCUT2D eigenvalue weighted by molar-refractivity contribution is 9.10. The maximum atomic E-state index is 11.0. The van der Waals surface area contributed by atoms with Crippen LogP contribution in [0.5, 0.6) is 0 Å². The largest absolute Gasteiger partial charge is 0.389 e. The van der Waals surface area contributed by atoms with Gasteiger partial charge in [0.2, 0.25) is 0 Å². The van der Waals surface area contributed by atoms with E-state index in [0.717, 1.165) is 25.7 Å². The molecule has 5 nitrogen and oxygen atoms in total. The smallest absolute Gasteiger partial charge is 0.275 e. The second-order valence-electron chi connectivity index (χ2n) is 5.07. The third-order valence-electron chi connectivity index (χ3n) is 3.55. The minimum Gasteiger partial charge on any atom is -0.389 e. The Bertz CT molecular complexity index is 473. The summed E-state index contributed by atoms with van der Waals surface area (Å²) >= 11 is 3.23. The molecule has 1 aromatic carbocycles. The van der Waals surface area contributed by atoms with Crippen molar-refractivity contribution in [3.05, 3.63) is 38.3 Å². The third-order valence-corrected chi connectivity index (χ3v) is 4.04. The molecule has 0 aromatic heterocycles. The van der Waals surface area contributed by atoms with Gasteiger partial charge in [0, 0.05) is 29.2 Å². The van der Waals surface area contributed by atoms with Gasteiger partial charge in [-0.1, -0.05) is 28.8 Å². The maximum Gasteiger partial charge on any atom is 0.275 e. The summed E-state index contributed by atoms with van der Waals surface area (Å²) in [6.07, 6.45) is 3.72. The van der Waals surface area contributed by atoms with E-state index in [2.05, 4.69) is 21.2 Å². The van der Waals surface area contributed by atoms with Crippen molar-refractivity contribution in [3.63, 3.8) is 0 Å². The predicted octanol–water partition coefficient (Wildman–Crippen LogP) is 2.75. The molecule has 1 aliphatic rings. The molecule has 6 heteroatoms. The Balaban J connectivity index is 1.97. The molecule has 2 rings (SSSR count). The molecule has 0 saturated heterocycles. The molecule has 0 spiro atoms. The van der Waals surface area contributed by atoms with Gasteiger partial charge in [-0.2, -0.15) is 0 Å². The van der Waals surface area contributed by atoms with Crippen LogP contribution in [-0.4, -0.2) is 22.2 Å². The molecule has 0 aliphatic heterocycles. The molecule has 0 unspecified atom stereocenters. The summed E-state index contributed by atoms with van der Waals surface area (Å²) in [7, 11) is 0. The molecule has 1 fully saturated rings. The van der Waals surface area contributed by atoms with E-state index in [1.165, 1.54) is 6.07 Å². The number of nitro groups is 1. The fourth-order valence-corrected chi connectivity index (χ4v) is 2.85. The lowest BCUT2D eigenvalue weighted by molar-refractivity contribution is -0.385. The number of rotatable bonds is 5. The molecule has 0 amide bonds. The van der Waals surface area contributed by atoms with Crippen LogP contribution in [0.15, 0.2) is 22.7 Å². The summed E-state index contributed by atoms with van der Waals surface area (Å²) in [5.74, 6) is 0. The average Bonchev–Trinajstić information content (AvgIpc) is 2.78. The zero-order valence-corrected chi connectivity index (χ0v) is 12.1. The molecule has 0 bridgehead atoms. The van der Waals surface area contributed by atoms with Gasteiger partial charge in [-0.3, -0.25) is 10.1 Å². The fraction of sp³-hybridized carbons (Fsp3) is 0.538. The molecular weight excluding hydrogens is 312 g/mol. The van der Waals surface area contributed by atoms with Crippen LogP contribution < -0.4 is 5.32 Å². The van der Waals surface area contributed by atoms with Gasteiger partial charge in [0.1, 0.15) is 0 Å². The second-order valence-corrected chi connectivity index (χ2v) is 5.98. The van der Waals surface area contributed by atoms with E-state index in [0.29, 0.717) is 23.1 Å². The van der Waals surface area contributed by atoms with E-state index in [9.17, 15) is 15.2 Å². The summed E-state index contributed by atoms with van der Waals surface area (Å²) in [5, 5.41) is 24.3. The SMILES string of the molecule is O=[N+]([O-])c1cc(Br)ccc1CNCC1(O)CCCC1. The lowest BCUT2D eigenvalue weighted by Gasteiger charge is -2.22. The first-order valence-electron chi connectivity index (χ1n) is 6.36. The van der Waals surface area contributed by atoms with Gasteiger partial charge in [-0.15, -0.1) is 0 Å². The highest BCUT2D eigenvalue weighted by atomic mass is 79.9. The minimum atomic E-state index is -0.635. The maximum absolute atomic E-state index is 11.0. The quantitative estimate of drug-likeness (QED) is 0.643. The molecule has 1 aromatic rings. The first-order valence-corrected chi connectivity index (χ1v) is 7.15. The first-order chi connectivity index (χ1) is 9.00. The van der Waals surface area contributed by atoms with Gasteiger partial charge in [0.25, 0.3) is 5.69 Å². The normalized spacial score (nSPS) is 17.6. The Labute approximate surface area is 120 Å². The van der Waals surface area contributed by atoms with Crippen LogP contribution >= 0.6 is 15.9 Å². The molecule has 0 atom stereocenters. The monoisotopic (exact) mass is 328 g/mol. The van der Waals surface area contributed by atoms with Crippen LogP contribution in [0.4, 0.5) is 5.69 Å². The first kappa shape index (κ1) is 14.4. The van der Waals surface area contributed by atoms with E-state index >= 15 is 0 Å². The van der Waals surface area contributed by atoms with E-state index in [4.69, 9.17) is 0 Å². The molecule has 0 heterocycles. The van der Waals surface area contributed by atoms with Crippen molar-refractivity contribution in [2.45, 2.75) is 37.8 Å². The van der Waals surface area contributed by atoms with Crippen LogP contribution in [0, 0.1) is 10.1 Å². The Morgan fingerprint density at radius 3 is 2.74 bits per heavy atom. The Morgan fingerprint density at radius 1 is 1.42 bits per heavy atom. The zero-order valence-electron chi connectivity index (χ0n) is 10.6. The second kappa shape index (κ2) is 5.98. The lowest BCUT2D eigenvalue weighted by Crippen LogP contribution is -2.37. The van der Waals surface area contributed by atoms with Crippen LogP contribution in [0.25, 0.3) is 0 Å². The van der Waals surface area contributed by atoms with Gasteiger partial charge in [0.05, 0.1) is 10.5 Å². The number of nitrogens with one attached hydrogen (secondary N) is 1. The minimum absolute atomic E-state index is 0.0975. The van der Waals surface area contributed by atoms with Gasteiger partial charge >= 0.3 is 0 Å². The van der Waals surface area contributed by atoms with E-state index in [1.807, 2.05) is 0 Å². The zero-order chi connectivity index (χ0) is 13.9. The van der Waals surface area contributed by atoms with Crippen molar-refractivity contribution >= 4 is 21.6 Å². The molecule has 1 aliphatic carbocycles. The van der Waals surface area contributed by atoms with Crippen molar-refractivity contribution in [1.29, 1.82) is 0 Å². The highest BCUT2D eigenvalue weighted by Crippen LogP contribution is 2.29. The average molecular weight is 329 g/mol. The molecular formula is C13H17BrN2O3. The summed E-state index contributed by atoms with van der Waals surface area (Å²) in [6, 6.07) is 5.02. The molecule has 2 N–H and O–H groups in total. The lowest BCUT2D eigenvalue weighted by atomic mass is 10.0. The number of hydrogen-bond donors (Lipinski definition) is 2. The third kappa shape index (κ3) is 3.75. The number of halogens is 1. The molecule has 1 saturated carbocycles. The Hall–Kier alpha value is -0.980. The van der Waals surface area contributed by atoms with Crippen molar-refractivity contribution in [1.82, 2.24) is 5.32 Å². The summed E-state index contributed by atoms with van der Waals surface area (Å²) in [5.41, 5.74) is 0.0968. The van der Waals surface area contributed by atoms with Gasteiger partial charge < -0.3 is 10.4 Å². The van der Waals surface area contributed by atoms with Crippen LogP contribution in [-0.2, 0) is 6.54 Å². The number of hydrogen-bond acceptors (Lipinski definition) is 4. The molecule has 0 radical (unpaired) electrons. The standard InChI is InChI=1S/C13H17BrN2O3/c14-11-4-3-10(12(7-11)16(18)19)8-15-9-13(17)5-1-2-6-13/h3-4,7,15,17H,1-2,5-6,8-9H2. The number of benzene rings is 1. The van der Waals surface area contributed by atoms with Crippen molar-refractivity contribution in [3.8, 4) is 0 Å². The van der Waals surface area contributed by atoms with E-state index < -0.39 is 5.60 Å². The van der Waals surface area contributed by atoms with Crippen molar-refractivity contribution in [2.75, 3.05) is 6.54 Å². The Morgan fingerprint density at radius 2 is 2.11 bits per heavy atom. The van der Waals surface area contributed by atoms with Gasteiger partial charge in [-0.05, 0) is 25.0 Å². The van der Waals surface area contributed by atoms with Gasteiger partial charge in [0.15, 0.2) is 0 Å². The van der Waals surface area contributed by atoms with E-state index in [-0.39, 0.29) is 10.6 Å². The number of nitro benzene ring substituents is 1. The van der Waals surface area contributed by atoms with Crippen LogP contribution in [0.2, 0.25) is 0 Å². The van der Waals surface area contributed by atoms with Crippen molar-refractivity contribution < 1.29 is 10.0 Å². The fourth-order valence-electron chi connectivity index (χ4n) is 2.50. The molecule has 104 valence electrons. The summed E-state index contributed by atoms with van der Waals surface area (Å²) < 4.78 is 0.692.